The van der Waals surface area contributed by atoms with E-state index in [4.69, 9.17) is 9.47 Å². The van der Waals surface area contributed by atoms with Crippen molar-refractivity contribution in [2.45, 2.75) is 32.6 Å². The van der Waals surface area contributed by atoms with Gasteiger partial charge in [-0.15, -0.1) is 0 Å². The first-order chi connectivity index (χ1) is 9.88. The number of unbranched alkanes of at least 4 members (excludes halogenated alkanes) is 2. The Labute approximate surface area is 122 Å². The van der Waals surface area contributed by atoms with E-state index in [0.29, 0.717) is 0 Å². The van der Waals surface area contributed by atoms with Crippen molar-refractivity contribution >= 4 is 0 Å². The van der Waals surface area contributed by atoms with Crippen LogP contribution >= 0.6 is 0 Å². The van der Waals surface area contributed by atoms with Crippen LogP contribution in [0.2, 0.25) is 0 Å². The molecule has 0 unspecified atom stereocenters. The van der Waals surface area contributed by atoms with Crippen molar-refractivity contribution in [3.8, 4) is 5.75 Å². The summed E-state index contributed by atoms with van der Waals surface area (Å²) in [7, 11) is 0. The highest BCUT2D eigenvalue weighted by Crippen LogP contribution is 2.13. The van der Waals surface area contributed by atoms with Gasteiger partial charge < -0.3 is 9.47 Å². The number of hydrogen-bond donors (Lipinski definition) is 0. The summed E-state index contributed by atoms with van der Waals surface area (Å²) < 4.78 is 11.1. The van der Waals surface area contributed by atoms with Gasteiger partial charge >= 0.3 is 0 Å². The van der Waals surface area contributed by atoms with Crippen LogP contribution in [0.3, 0.4) is 0 Å². The highest BCUT2D eigenvalue weighted by Gasteiger charge is 2.08. The summed E-state index contributed by atoms with van der Waals surface area (Å²) in [6, 6.07) is 8.45. The average Bonchev–Trinajstić information content (AvgIpc) is 2.52. The van der Waals surface area contributed by atoms with Crippen molar-refractivity contribution in [1.82, 2.24) is 4.90 Å². The number of hydrogen-bond acceptors (Lipinski definition) is 3. The lowest BCUT2D eigenvalue weighted by atomic mass is 10.2. The van der Waals surface area contributed by atoms with Gasteiger partial charge in [0.05, 0.1) is 19.8 Å². The molecule has 20 heavy (non-hydrogen) atoms. The topological polar surface area (TPSA) is 21.7 Å². The van der Waals surface area contributed by atoms with E-state index in [-0.39, 0.29) is 0 Å². The van der Waals surface area contributed by atoms with E-state index < -0.39 is 0 Å². The number of rotatable bonds is 8. The van der Waals surface area contributed by atoms with Gasteiger partial charge in [-0.2, -0.15) is 0 Å². The molecule has 1 heterocycles. The monoisotopic (exact) mass is 277 g/mol. The molecule has 0 spiro atoms. The fourth-order valence-corrected chi connectivity index (χ4v) is 2.45. The quantitative estimate of drug-likeness (QED) is 0.681. The zero-order valence-corrected chi connectivity index (χ0v) is 12.6. The van der Waals surface area contributed by atoms with E-state index in [9.17, 15) is 0 Å². The molecule has 0 amide bonds. The lowest BCUT2D eigenvalue weighted by Crippen LogP contribution is -2.36. The first-order valence-electron chi connectivity index (χ1n) is 7.90. The maximum atomic E-state index is 5.76. The average molecular weight is 277 g/mol. The van der Waals surface area contributed by atoms with Gasteiger partial charge in [0.1, 0.15) is 5.75 Å². The maximum absolute atomic E-state index is 5.76. The summed E-state index contributed by atoms with van der Waals surface area (Å²) in [6.07, 6.45) is 4.73. The van der Waals surface area contributed by atoms with Crippen molar-refractivity contribution in [1.29, 1.82) is 0 Å². The van der Waals surface area contributed by atoms with Crippen molar-refractivity contribution < 1.29 is 9.47 Å². The lowest BCUT2D eigenvalue weighted by molar-refractivity contribution is 0.0370. The molecule has 0 aromatic heterocycles. The summed E-state index contributed by atoms with van der Waals surface area (Å²) >= 11 is 0. The number of aryl methyl sites for hydroxylation is 1. The van der Waals surface area contributed by atoms with E-state index in [1.54, 1.807) is 0 Å². The van der Waals surface area contributed by atoms with E-state index in [1.807, 2.05) is 0 Å². The van der Waals surface area contributed by atoms with Crippen LogP contribution in [0, 0.1) is 0 Å². The molecule has 1 aliphatic rings. The van der Waals surface area contributed by atoms with Crippen LogP contribution in [-0.4, -0.2) is 44.4 Å². The minimum Gasteiger partial charge on any atom is -0.494 e. The van der Waals surface area contributed by atoms with Gasteiger partial charge in [0.25, 0.3) is 0 Å². The summed E-state index contributed by atoms with van der Waals surface area (Å²) in [5, 5.41) is 0. The molecule has 1 aromatic rings. The van der Waals surface area contributed by atoms with Crippen LogP contribution in [0.4, 0.5) is 0 Å². The third-order valence-electron chi connectivity index (χ3n) is 3.82. The summed E-state index contributed by atoms with van der Waals surface area (Å²) in [4.78, 5) is 2.49. The second-order valence-electron chi connectivity index (χ2n) is 5.36. The van der Waals surface area contributed by atoms with Gasteiger partial charge in [0.15, 0.2) is 0 Å². The molecule has 0 N–H and O–H groups in total. The zero-order chi connectivity index (χ0) is 14.0. The van der Waals surface area contributed by atoms with Crippen molar-refractivity contribution in [2.75, 3.05) is 39.5 Å². The van der Waals surface area contributed by atoms with Crippen LogP contribution in [-0.2, 0) is 11.2 Å². The van der Waals surface area contributed by atoms with Crippen molar-refractivity contribution in [3.05, 3.63) is 29.8 Å². The van der Waals surface area contributed by atoms with Crippen LogP contribution in [0.1, 0.15) is 31.7 Å². The molecule has 1 saturated heterocycles. The minimum atomic E-state index is 0.828. The first-order valence-corrected chi connectivity index (χ1v) is 7.90. The molecule has 1 aromatic carbocycles. The van der Waals surface area contributed by atoms with E-state index >= 15 is 0 Å². The Bertz CT molecular complexity index is 358. The Hall–Kier alpha value is -1.06. The Balaban J connectivity index is 1.50. The van der Waals surface area contributed by atoms with Gasteiger partial charge in [-0.1, -0.05) is 19.1 Å². The second-order valence-corrected chi connectivity index (χ2v) is 5.36. The summed E-state index contributed by atoms with van der Waals surface area (Å²) in [5.74, 6) is 0.996. The van der Waals surface area contributed by atoms with Gasteiger partial charge in [0, 0.05) is 13.1 Å². The van der Waals surface area contributed by atoms with Crippen LogP contribution in [0.5, 0.6) is 5.75 Å². The fourth-order valence-electron chi connectivity index (χ4n) is 2.45. The number of ether oxygens (including phenoxy) is 2. The van der Waals surface area contributed by atoms with Crippen LogP contribution in [0.25, 0.3) is 0 Å². The zero-order valence-electron chi connectivity index (χ0n) is 12.6. The molecule has 1 aliphatic heterocycles. The largest absolute Gasteiger partial charge is 0.494 e. The number of benzene rings is 1. The van der Waals surface area contributed by atoms with Gasteiger partial charge in [-0.25, -0.2) is 0 Å². The number of morpholine rings is 1. The Morgan fingerprint density at radius 2 is 1.80 bits per heavy atom. The lowest BCUT2D eigenvalue weighted by Gasteiger charge is -2.26. The van der Waals surface area contributed by atoms with Gasteiger partial charge in [0.2, 0.25) is 0 Å². The maximum Gasteiger partial charge on any atom is 0.119 e. The molecule has 3 heteroatoms. The minimum absolute atomic E-state index is 0.828. The van der Waals surface area contributed by atoms with Crippen molar-refractivity contribution in [3.63, 3.8) is 0 Å². The highest BCUT2D eigenvalue weighted by atomic mass is 16.5. The standard InChI is InChI=1S/C17H27NO2/c1-2-16-6-8-17(9-7-16)20-13-5-3-4-10-18-11-14-19-15-12-18/h6-9H,2-5,10-15H2,1H3. The van der Waals surface area contributed by atoms with Crippen LogP contribution < -0.4 is 4.74 Å². The Kier molecular flexibility index (Phi) is 6.89. The van der Waals surface area contributed by atoms with E-state index in [0.717, 1.165) is 51.5 Å². The van der Waals surface area contributed by atoms with E-state index in [1.165, 1.54) is 24.9 Å². The molecule has 112 valence electrons. The molecule has 1 fully saturated rings. The molecule has 0 radical (unpaired) electrons. The SMILES string of the molecule is CCc1ccc(OCCCCCN2CCOCC2)cc1. The molecule has 0 saturated carbocycles. The van der Waals surface area contributed by atoms with Crippen LogP contribution in [0.15, 0.2) is 24.3 Å². The normalized spacial score (nSPS) is 16.2. The Morgan fingerprint density at radius 3 is 2.50 bits per heavy atom. The third-order valence-corrected chi connectivity index (χ3v) is 3.82. The number of nitrogens with zero attached hydrogens (tertiary/aromatic N) is 1. The van der Waals surface area contributed by atoms with Gasteiger partial charge in [-0.05, 0) is 49.9 Å². The Morgan fingerprint density at radius 1 is 1.05 bits per heavy atom. The van der Waals surface area contributed by atoms with E-state index in [2.05, 4.69) is 36.1 Å². The third kappa shape index (κ3) is 5.51. The molecular formula is C17H27NO2. The first kappa shape index (κ1) is 15.3. The molecule has 0 bridgehead atoms. The van der Waals surface area contributed by atoms with Crippen molar-refractivity contribution in [2.24, 2.45) is 0 Å². The smallest absolute Gasteiger partial charge is 0.119 e. The highest BCUT2D eigenvalue weighted by molar-refractivity contribution is 5.27. The predicted octanol–water partition coefficient (Wildman–Crippen LogP) is 3.13. The molecule has 3 nitrogen and oxygen atoms in total. The molecule has 0 atom stereocenters. The molecule has 0 aliphatic carbocycles. The predicted molar refractivity (Wildman–Crippen MR) is 82.4 cm³/mol. The molecule has 2 rings (SSSR count). The molecular weight excluding hydrogens is 250 g/mol. The summed E-state index contributed by atoms with van der Waals surface area (Å²) in [5.41, 5.74) is 1.36. The fraction of sp³-hybridized carbons (Fsp3) is 0.647. The second kappa shape index (κ2) is 8.98. The van der Waals surface area contributed by atoms with Gasteiger partial charge in [-0.3, -0.25) is 4.90 Å². The summed E-state index contributed by atoms with van der Waals surface area (Å²) in [6.45, 7) is 8.20.